The van der Waals surface area contributed by atoms with Crippen LogP contribution in [0.2, 0.25) is 0 Å². The van der Waals surface area contributed by atoms with Crippen LogP contribution >= 0.6 is 0 Å². The van der Waals surface area contributed by atoms with Crippen LogP contribution < -0.4 is 0 Å². The first-order valence-electron chi connectivity index (χ1n) is 9.58. The fraction of sp³-hybridized carbons (Fsp3) is 0.632. The Balaban J connectivity index is 1.89. The smallest absolute Gasteiger partial charge is 0.272 e. The number of carbonyl (C=O) groups excluding carboxylic acids is 1. The molecule has 1 atom stereocenters. The topological polar surface area (TPSA) is 80.0 Å². The Kier molecular flexibility index (Phi) is 5.84. The van der Waals surface area contributed by atoms with Gasteiger partial charge in [0.05, 0.1) is 0 Å². The van der Waals surface area contributed by atoms with E-state index in [9.17, 15) is 4.79 Å². The van der Waals surface area contributed by atoms with Gasteiger partial charge in [-0.1, -0.05) is 19.9 Å². The van der Waals surface area contributed by atoms with E-state index in [4.69, 9.17) is 0 Å². The minimum atomic E-state index is -0.400. The predicted octanol–water partition coefficient (Wildman–Crippen LogP) is 1.81. The van der Waals surface area contributed by atoms with Crippen LogP contribution in [0.4, 0.5) is 0 Å². The van der Waals surface area contributed by atoms with E-state index in [1.54, 1.807) is 12.3 Å². The Labute approximate surface area is 160 Å². The van der Waals surface area contributed by atoms with Crippen molar-refractivity contribution in [3.05, 3.63) is 35.9 Å². The molecule has 8 heteroatoms. The number of amides is 1. The number of likely N-dealkylation sites (tertiary alicyclic amines) is 1. The minimum Gasteiger partial charge on any atom is -0.335 e. The Hall–Kier alpha value is -2.35. The minimum absolute atomic E-state index is 0.0391. The SMILES string of the molecule is CC(C)CCn1nnnc1C1(N(C)C)CCCN(C(=O)c2ccccn2)C1. The molecule has 0 N–H and O–H groups in total. The molecule has 0 aromatic carbocycles. The van der Waals surface area contributed by atoms with Crippen molar-refractivity contribution in [3.63, 3.8) is 0 Å². The van der Waals surface area contributed by atoms with Gasteiger partial charge in [-0.05, 0) is 61.8 Å². The number of pyridine rings is 1. The predicted molar refractivity (Wildman–Crippen MR) is 102 cm³/mol. The van der Waals surface area contributed by atoms with E-state index in [0.29, 0.717) is 18.2 Å². The first-order valence-corrected chi connectivity index (χ1v) is 9.58. The maximum absolute atomic E-state index is 13.0. The lowest BCUT2D eigenvalue weighted by Crippen LogP contribution is -2.56. The van der Waals surface area contributed by atoms with Crippen LogP contribution in [0.5, 0.6) is 0 Å². The third-order valence-corrected chi connectivity index (χ3v) is 5.36. The summed E-state index contributed by atoms with van der Waals surface area (Å²) in [7, 11) is 4.08. The van der Waals surface area contributed by atoms with Crippen LogP contribution in [0.25, 0.3) is 0 Å². The molecule has 1 saturated heterocycles. The summed E-state index contributed by atoms with van der Waals surface area (Å²) in [6.45, 7) is 6.44. The second-order valence-corrected chi connectivity index (χ2v) is 7.88. The zero-order chi connectivity index (χ0) is 19.4. The molecular weight excluding hydrogens is 342 g/mol. The Morgan fingerprint density at radius 2 is 2.15 bits per heavy atom. The molecule has 27 heavy (non-hydrogen) atoms. The summed E-state index contributed by atoms with van der Waals surface area (Å²) < 4.78 is 1.91. The Bertz CT molecular complexity index is 758. The summed E-state index contributed by atoms with van der Waals surface area (Å²) in [5, 5.41) is 12.6. The normalized spacial score (nSPS) is 20.4. The fourth-order valence-electron chi connectivity index (χ4n) is 3.68. The molecule has 1 fully saturated rings. The van der Waals surface area contributed by atoms with Gasteiger partial charge in [0.15, 0.2) is 5.82 Å². The summed E-state index contributed by atoms with van der Waals surface area (Å²) in [5.41, 5.74) is 0.0786. The second-order valence-electron chi connectivity index (χ2n) is 7.88. The molecule has 1 amide bonds. The highest BCUT2D eigenvalue weighted by atomic mass is 16.2. The molecule has 146 valence electrons. The third kappa shape index (κ3) is 4.00. The molecule has 3 rings (SSSR count). The lowest BCUT2D eigenvalue weighted by Gasteiger charge is -2.45. The van der Waals surface area contributed by atoms with E-state index in [1.807, 2.05) is 35.8 Å². The molecule has 1 aliphatic rings. The van der Waals surface area contributed by atoms with E-state index >= 15 is 0 Å². The molecule has 3 heterocycles. The van der Waals surface area contributed by atoms with Crippen LogP contribution in [-0.4, -0.2) is 68.1 Å². The van der Waals surface area contributed by atoms with Gasteiger partial charge in [-0.15, -0.1) is 5.10 Å². The number of rotatable bonds is 6. The van der Waals surface area contributed by atoms with E-state index in [0.717, 1.165) is 38.2 Å². The monoisotopic (exact) mass is 371 g/mol. The highest BCUT2D eigenvalue weighted by molar-refractivity contribution is 5.92. The number of aryl methyl sites for hydroxylation is 1. The lowest BCUT2D eigenvalue weighted by molar-refractivity contribution is 0.0253. The fourth-order valence-corrected chi connectivity index (χ4v) is 3.68. The summed E-state index contributed by atoms with van der Waals surface area (Å²) in [6, 6.07) is 5.43. The summed E-state index contributed by atoms with van der Waals surface area (Å²) in [5.74, 6) is 1.38. The molecule has 2 aromatic heterocycles. The van der Waals surface area contributed by atoms with Crippen molar-refractivity contribution in [2.75, 3.05) is 27.2 Å². The van der Waals surface area contributed by atoms with Crippen molar-refractivity contribution in [3.8, 4) is 0 Å². The van der Waals surface area contributed by atoms with Crippen LogP contribution in [0.15, 0.2) is 24.4 Å². The van der Waals surface area contributed by atoms with Crippen molar-refractivity contribution in [1.29, 1.82) is 0 Å². The van der Waals surface area contributed by atoms with E-state index in [2.05, 4.69) is 39.3 Å². The van der Waals surface area contributed by atoms with Crippen LogP contribution in [0.3, 0.4) is 0 Å². The Morgan fingerprint density at radius 1 is 1.33 bits per heavy atom. The van der Waals surface area contributed by atoms with E-state index in [-0.39, 0.29) is 5.91 Å². The highest BCUT2D eigenvalue weighted by Crippen LogP contribution is 2.35. The molecule has 0 aliphatic carbocycles. The van der Waals surface area contributed by atoms with Gasteiger partial charge in [0.1, 0.15) is 11.2 Å². The van der Waals surface area contributed by atoms with Gasteiger partial charge in [0, 0.05) is 25.8 Å². The zero-order valence-corrected chi connectivity index (χ0v) is 16.7. The van der Waals surface area contributed by atoms with E-state index in [1.165, 1.54) is 0 Å². The van der Waals surface area contributed by atoms with Gasteiger partial charge in [0.2, 0.25) is 0 Å². The van der Waals surface area contributed by atoms with Gasteiger partial charge < -0.3 is 4.90 Å². The van der Waals surface area contributed by atoms with E-state index < -0.39 is 5.54 Å². The van der Waals surface area contributed by atoms with Gasteiger partial charge in [0.25, 0.3) is 5.91 Å². The number of hydrogen-bond donors (Lipinski definition) is 0. The molecule has 0 radical (unpaired) electrons. The van der Waals surface area contributed by atoms with Crippen LogP contribution in [0, 0.1) is 5.92 Å². The van der Waals surface area contributed by atoms with Gasteiger partial charge in [-0.25, -0.2) is 4.68 Å². The average molecular weight is 371 g/mol. The van der Waals surface area contributed by atoms with Crippen molar-refractivity contribution in [2.45, 2.75) is 45.2 Å². The number of piperidine rings is 1. The standard InChI is InChI=1S/C19H29N7O/c1-15(2)9-13-26-18(21-22-23-26)19(24(3)4)10-7-12-25(14-19)17(27)16-8-5-6-11-20-16/h5-6,8,11,15H,7,9-10,12-14H2,1-4H3. The van der Waals surface area contributed by atoms with Crippen molar-refractivity contribution < 1.29 is 4.79 Å². The highest BCUT2D eigenvalue weighted by Gasteiger charge is 2.45. The average Bonchev–Trinajstić information content (AvgIpc) is 3.15. The lowest BCUT2D eigenvalue weighted by atomic mass is 9.86. The van der Waals surface area contributed by atoms with Gasteiger partial charge in [-0.2, -0.15) is 0 Å². The quantitative estimate of drug-likeness (QED) is 0.770. The number of likely N-dealkylation sites (N-methyl/N-ethyl adjacent to an activating group) is 1. The maximum atomic E-state index is 13.0. The molecule has 1 aliphatic heterocycles. The van der Waals surface area contributed by atoms with Crippen molar-refractivity contribution >= 4 is 5.91 Å². The molecular formula is C19H29N7O. The van der Waals surface area contributed by atoms with Crippen LogP contribution in [0.1, 0.15) is 49.4 Å². The molecule has 1 unspecified atom stereocenters. The molecule has 0 spiro atoms. The van der Waals surface area contributed by atoms with Gasteiger partial charge >= 0.3 is 0 Å². The summed E-state index contributed by atoms with van der Waals surface area (Å²) in [4.78, 5) is 21.2. The Morgan fingerprint density at radius 3 is 2.81 bits per heavy atom. The van der Waals surface area contributed by atoms with Gasteiger partial charge in [-0.3, -0.25) is 14.7 Å². The number of aromatic nitrogens is 5. The summed E-state index contributed by atoms with van der Waals surface area (Å²) in [6.07, 6.45) is 4.48. The first-order chi connectivity index (χ1) is 12.9. The van der Waals surface area contributed by atoms with Crippen LogP contribution in [-0.2, 0) is 12.1 Å². The maximum Gasteiger partial charge on any atom is 0.272 e. The number of hydrogen-bond acceptors (Lipinski definition) is 6. The first kappa shape index (κ1) is 19.4. The molecule has 0 bridgehead atoms. The number of carbonyl (C=O) groups is 1. The zero-order valence-electron chi connectivity index (χ0n) is 16.7. The molecule has 0 saturated carbocycles. The number of nitrogens with zero attached hydrogens (tertiary/aromatic N) is 7. The number of tetrazole rings is 1. The molecule has 2 aromatic rings. The van der Waals surface area contributed by atoms with Crippen molar-refractivity contribution in [2.24, 2.45) is 5.92 Å². The third-order valence-electron chi connectivity index (χ3n) is 5.36. The largest absolute Gasteiger partial charge is 0.335 e. The van der Waals surface area contributed by atoms with Crippen molar-refractivity contribution in [1.82, 2.24) is 35.0 Å². The molecule has 8 nitrogen and oxygen atoms in total. The second kappa shape index (κ2) is 8.12. The summed E-state index contributed by atoms with van der Waals surface area (Å²) >= 11 is 0.